The number of fused-ring (bicyclic) bond motifs is 13. The van der Waals surface area contributed by atoms with Crippen LogP contribution in [-0.2, 0) is 6.42 Å². The minimum atomic E-state index is 0.371. The Labute approximate surface area is 173 Å². The van der Waals surface area contributed by atoms with E-state index in [2.05, 4.69) is 78.9 Å². The van der Waals surface area contributed by atoms with Crippen LogP contribution in [-0.4, -0.2) is 5.11 Å². The van der Waals surface area contributed by atoms with Crippen LogP contribution >= 0.6 is 0 Å². The summed E-state index contributed by atoms with van der Waals surface area (Å²) < 4.78 is 0. The van der Waals surface area contributed by atoms with Gasteiger partial charge in [0.1, 0.15) is 5.75 Å². The maximum absolute atomic E-state index is 10.9. The SMILES string of the molecule is Oc1cccc2c1c1c(c3ccccc32)-c2c(c3ccccc3c3ccccc23)C1. The van der Waals surface area contributed by atoms with Crippen LogP contribution in [0.1, 0.15) is 11.1 Å². The number of phenols is 1. The van der Waals surface area contributed by atoms with Crippen molar-refractivity contribution in [1.82, 2.24) is 0 Å². The molecule has 0 saturated heterocycles. The average molecular weight is 382 g/mol. The summed E-state index contributed by atoms with van der Waals surface area (Å²) in [4.78, 5) is 0. The first-order valence-electron chi connectivity index (χ1n) is 10.4. The van der Waals surface area contributed by atoms with E-state index < -0.39 is 0 Å². The first kappa shape index (κ1) is 16.0. The average Bonchev–Trinajstić information content (AvgIpc) is 3.21. The molecule has 30 heavy (non-hydrogen) atoms. The molecule has 0 saturated carbocycles. The van der Waals surface area contributed by atoms with Gasteiger partial charge in [-0.25, -0.2) is 0 Å². The first-order valence-corrected chi connectivity index (χ1v) is 10.4. The van der Waals surface area contributed by atoms with E-state index in [0.717, 1.165) is 17.2 Å². The van der Waals surface area contributed by atoms with Crippen LogP contribution in [0, 0.1) is 0 Å². The van der Waals surface area contributed by atoms with E-state index in [1.807, 2.05) is 12.1 Å². The number of hydrogen-bond acceptors (Lipinski definition) is 1. The molecule has 1 heteroatoms. The number of phenolic OH excluding ortho intramolecular Hbond substituents is 1. The molecule has 0 fully saturated rings. The normalized spacial score (nSPS) is 12.7. The molecule has 0 aliphatic heterocycles. The molecule has 1 N–H and O–H groups in total. The van der Waals surface area contributed by atoms with Crippen molar-refractivity contribution < 1.29 is 5.11 Å². The summed E-state index contributed by atoms with van der Waals surface area (Å²) in [5, 5.41) is 20.7. The molecule has 0 spiro atoms. The standard InChI is InChI=1S/C29H18O/c30-26-15-7-14-21-20-11-4-6-13-23(20)29-25(27(21)26)16-24-19-10-2-1-8-17(19)18-9-3-5-12-22(18)28(24)29/h1-15,30H,16H2. The van der Waals surface area contributed by atoms with E-state index in [1.165, 1.54) is 54.6 Å². The summed E-state index contributed by atoms with van der Waals surface area (Å²) in [5.74, 6) is 0.371. The fourth-order valence-corrected chi connectivity index (χ4v) is 5.63. The van der Waals surface area contributed by atoms with Crippen molar-refractivity contribution in [3.8, 4) is 16.9 Å². The molecule has 140 valence electrons. The highest BCUT2D eigenvalue weighted by molar-refractivity contribution is 6.25. The minimum absolute atomic E-state index is 0.371. The zero-order valence-corrected chi connectivity index (χ0v) is 16.3. The quantitative estimate of drug-likeness (QED) is 0.268. The molecule has 0 bridgehead atoms. The Bertz CT molecular complexity index is 1670. The van der Waals surface area contributed by atoms with Crippen LogP contribution < -0.4 is 0 Å². The van der Waals surface area contributed by atoms with Crippen LogP contribution in [0.3, 0.4) is 0 Å². The van der Waals surface area contributed by atoms with Gasteiger partial charge in [0.25, 0.3) is 0 Å². The molecular formula is C29H18O. The predicted octanol–water partition coefficient (Wildman–Crippen LogP) is 7.58. The van der Waals surface area contributed by atoms with Crippen LogP contribution in [0.4, 0.5) is 0 Å². The monoisotopic (exact) mass is 382 g/mol. The second kappa shape index (κ2) is 5.61. The molecular weight excluding hydrogens is 364 g/mol. The molecule has 1 aliphatic carbocycles. The maximum Gasteiger partial charge on any atom is 0.123 e. The van der Waals surface area contributed by atoms with Crippen LogP contribution in [0.25, 0.3) is 54.2 Å². The molecule has 6 aromatic rings. The highest BCUT2D eigenvalue weighted by Crippen LogP contribution is 2.52. The summed E-state index contributed by atoms with van der Waals surface area (Å²) in [5.41, 5.74) is 5.25. The van der Waals surface area contributed by atoms with Gasteiger partial charge in [-0.3, -0.25) is 0 Å². The lowest BCUT2D eigenvalue weighted by molar-refractivity contribution is 0.481. The van der Waals surface area contributed by atoms with Crippen LogP contribution in [0.2, 0.25) is 0 Å². The van der Waals surface area contributed by atoms with Crippen molar-refractivity contribution >= 4 is 43.1 Å². The number of benzene rings is 6. The second-order valence-electron chi connectivity index (χ2n) is 8.22. The lowest BCUT2D eigenvalue weighted by atomic mass is 9.88. The highest BCUT2D eigenvalue weighted by Gasteiger charge is 2.28. The minimum Gasteiger partial charge on any atom is -0.507 e. The molecule has 7 rings (SSSR count). The van der Waals surface area contributed by atoms with Gasteiger partial charge in [0.15, 0.2) is 0 Å². The topological polar surface area (TPSA) is 20.2 Å². The number of aromatic hydroxyl groups is 1. The Morgan fingerprint density at radius 2 is 0.900 bits per heavy atom. The van der Waals surface area contributed by atoms with Crippen molar-refractivity contribution in [2.75, 3.05) is 0 Å². The smallest absolute Gasteiger partial charge is 0.123 e. The molecule has 1 nitrogen and oxygen atoms in total. The molecule has 0 amide bonds. The Balaban J connectivity index is 1.80. The Morgan fingerprint density at radius 1 is 0.433 bits per heavy atom. The predicted molar refractivity (Wildman–Crippen MR) is 126 cm³/mol. The zero-order chi connectivity index (χ0) is 19.8. The Hall–Kier alpha value is -3.84. The van der Waals surface area contributed by atoms with E-state index in [9.17, 15) is 5.11 Å². The molecule has 1 aliphatic rings. The largest absolute Gasteiger partial charge is 0.507 e. The van der Waals surface area contributed by atoms with Crippen molar-refractivity contribution in [3.63, 3.8) is 0 Å². The maximum atomic E-state index is 10.9. The fraction of sp³-hybridized carbons (Fsp3) is 0.0345. The zero-order valence-electron chi connectivity index (χ0n) is 16.3. The van der Waals surface area contributed by atoms with Gasteiger partial charge in [-0.05, 0) is 66.0 Å². The van der Waals surface area contributed by atoms with Crippen molar-refractivity contribution in [3.05, 3.63) is 102 Å². The lowest BCUT2D eigenvalue weighted by Gasteiger charge is -2.15. The van der Waals surface area contributed by atoms with Crippen molar-refractivity contribution in [2.45, 2.75) is 6.42 Å². The number of hydrogen-bond donors (Lipinski definition) is 1. The fourth-order valence-electron chi connectivity index (χ4n) is 5.63. The van der Waals surface area contributed by atoms with Gasteiger partial charge in [0.2, 0.25) is 0 Å². The van der Waals surface area contributed by atoms with E-state index in [0.29, 0.717) is 5.75 Å². The summed E-state index contributed by atoms with van der Waals surface area (Å²) in [6, 6.07) is 32.0. The van der Waals surface area contributed by atoms with Crippen LogP contribution in [0.15, 0.2) is 91.0 Å². The molecule has 0 atom stereocenters. The van der Waals surface area contributed by atoms with Gasteiger partial charge in [-0.2, -0.15) is 0 Å². The van der Waals surface area contributed by atoms with Gasteiger partial charge >= 0.3 is 0 Å². The number of rotatable bonds is 0. The third-order valence-electron chi connectivity index (χ3n) is 6.78. The van der Waals surface area contributed by atoms with Crippen LogP contribution in [0.5, 0.6) is 5.75 Å². The molecule has 0 radical (unpaired) electrons. The van der Waals surface area contributed by atoms with Gasteiger partial charge in [0, 0.05) is 11.8 Å². The third-order valence-corrected chi connectivity index (χ3v) is 6.78. The lowest BCUT2D eigenvalue weighted by Crippen LogP contribution is -1.88. The summed E-state index contributed by atoms with van der Waals surface area (Å²) in [6.45, 7) is 0. The Morgan fingerprint density at radius 3 is 1.57 bits per heavy atom. The van der Waals surface area contributed by atoms with E-state index in [-0.39, 0.29) is 0 Å². The second-order valence-corrected chi connectivity index (χ2v) is 8.22. The van der Waals surface area contributed by atoms with Gasteiger partial charge in [0.05, 0.1) is 0 Å². The third kappa shape index (κ3) is 1.87. The van der Waals surface area contributed by atoms with Crippen molar-refractivity contribution in [1.29, 1.82) is 0 Å². The van der Waals surface area contributed by atoms with Gasteiger partial charge in [-0.15, -0.1) is 0 Å². The van der Waals surface area contributed by atoms with E-state index in [1.54, 1.807) is 0 Å². The summed E-state index contributed by atoms with van der Waals surface area (Å²) >= 11 is 0. The first-order chi connectivity index (χ1) is 14.8. The molecule has 6 aromatic carbocycles. The molecule has 0 heterocycles. The summed E-state index contributed by atoms with van der Waals surface area (Å²) in [7, 11) is 0. The van der Waals surface area contributed by atoms with Gasteiger partial charge in [-0.1, -0.05) is 84.9 Å². The molecule has 0 aromatic heterocycles. The molecule has 0 unspecified atom stereocenters. The Kier molecular flexibility index (Phi) is 2.99. The van der Waals surface area contributed by atoms with Crippen molar-refractivity contribution in [2.24, 2.45) is 0 Å². The van der Waals surface area contributed by atoms with E-state index in [4.69, 9.17) is 0 Å². The summed E-state index contributed by atoms with van der Waals surface area (Å²) in [6.07, 6.45) is 0.842. The van der Waals surface area contributed by atoms with Gasteiger partial charge < -0.3 is 5.11 Å². The highest BCUT2D eigenvalue weighted by atomic mass is 16.3. The van der Waals surface area contributed by atoms with E-state index >= 15 is 0 Å².